The van der Waals surface area contributed by atoms with Gasteiger partial charge in [-0.25, -0.2) is 4.39 Å². The van der Waals surface area contributed by atoms with Crippen LogP contribution in [0.4, 0.5) is 4.39 Å². The molecule has 1 amide bonds. The summed E-state index contributed by atoms with van der Waals surface area (Å²) in [5.74, 6) is -0.0928. The molecule has 0 radical (unpaired) electrons. The van der Waals surface area contributed by atoms with Crippen LogP contribution in [-0.4, -0.2) is 29.9 Å². The molecule has 1 aliphatic rings. The maximum atomic E-state index is 13.2. The third-order valence-electron chi connectivity index (χ3n) is 3.87. The maximum absolute atomic E-state index is 13.2. The van der Waals surface area contributed by atoms with Gasteiger partial charge in [-0.2, -0.15) is 0 Å². The molecule has 2 N–H and O–H groups in total. The van der Waals surface area contributed by atoms with Gasteiger partial charge in [0.2, 0.25) is 5.91 Å². The Morgan fingerprint density at radius 2 is 2.37 bits per heavy atom. The highest BCUT2D eigenvalue weighted by Crippen LogP contribution is 2.24. The van der Waals surface area contributed by atoms with Crippen LogP contribution >= 0.6 is 0 Å². The number of carbonyl (C=O) groups excluding carboxylic acids is 1. The average molecular weight is 264 g/mol. The molecule has 0 aliphatic carbocycles. The normalized spacial score (nSPS) is 20.6. The number of nitrogens with zero attached hydrogens (tertiary/aromatic N) is 1. The predicted molar refractivity (Wildman–Crippen MR) is 73.2 cm³/mol. The minimum absolute atomic E-state index is 0.0298. The Kier molecular flexibility index (Phi) is 4.53. The summed E-state index contributed by atoms with van der Waals surface area (Å²) in [6.45, 7) is 3.29. The molecule has 1 saturated heterocycles. The van der Waals surface area contributed by atoms with Crippen LogP contribution in [-0.2, 0) is 4.79 Å². The Balaban J connectivity index is 1.98. The Labute approximate surface area is 113 Å². The number of benzene rings is 1. The van der Waals surface area contributed by atoms with Crippen LogP contribution in [0.2, 0.25) is 0 Å². The first-order valence-electron chi connectivity index (χ1n) is 6.87. The quantitative estimate of drug-likeness (QED) is 0.906. The van der Waals surface area contributed by atoms with E-state index in [0.717, 1.165) is 24.9 Å². The smallest absolute Gasteiger partial charge is 0.223 e. The summed E-state index contributed by atoms with van der Waals surface area (Å²) in [6.07, 6.45) is 2.44. The largest absolute Gasteiger partial charge is 0.338 e. The molecule has 2 atom stereocenters. The highest BCUT2D eigenvalue weighted by molar-refractivity contribution is 5.77. The zero-order valence-corrected chi connectivity index (χ0v) is 11.3. The van der Waals surface area contributed by atoms with Crippen molar-refractivity contribution in [3.63, 3.8) is 0 Å². The lowest BCUT2D eigenvalue weighted by Crippen LogP contribution is -2.40. The number of carbonyl (C=O) groups is 1. The molecule has 1 aromatic rings. The molecule has 4 heteroatoms. The molecule has 3 nitrogen and oxygen atoms in total. The van der Waals surface area contributed by atoms with Crippen LogP contribution in [0.25, 0.3) is 0 Å². The number of nitrogens with two attached hydrogens (primary N) is 1. The summed E-state index contributed by atoms with van der Waals surface area (Å²) in [5.41, 5.74) is 6.55. The summed E-state index contributed by atoms with van der Waals surface area (Å²) >= 11 is 0. The standard InChI is InChI=1S/C15H21FN2O/c1-11(12-4-2-5-13(16)9-12)8-15(19)18-7-3-6-14(18)10-17/h2,4-5,9,11,14H,3,6-8,10,17H2,1H3. The van der Waals surface area contributed by atoms with Gasteiger partial charge in [0.15, 0.2) is 0 Å². The molecule has 2 unspecified atom stereocenters. The van der Waals surface area contributed by atoms with Crippen LogP contribution in [0.3, 0.4) is 0 Å². The Morgan fingerprint density at radius 1 is 1.58 bits per heavy atom. The minimum atomic E-state index is -0.252. The number of hydrogen-bond donors (Lipinski definition) is 1. The van der Waals surface area contributed by atoms with E-state index >= 15 is 0 Å². The number of hydrogen-bond acceptors (Lipinski definition) is 2. The molecule has 1 heterocycles. The van der Waals surface area contributed by atoms with Crippen LogP contribution in [0, 0.1) is 5.82 Å². The Bertz CT molecular complexity index is 450. The number of halogens is 1. The van der Waals surface area contributed by atoms with Crippen molar-refractivity contribution in [1.82, 2.24) is 4.90 Å². The lowest BCUT2D eigenvalue weighted by atomic mass is 9.97. The molecule has 1 fully saturated rings. The van der Waals surface area contributed by atoms with E-state index in [-0.39, 0.29) is 23.7 Å². The van der Waals surface area contributed by atoms with Crippen LogP contribution in [0.15, 0.2) is 24.3 Å². The molecular formula is C15H21FN2O. The molecule has 104 valence electrons. The van der Waals surface area contributed by atoms with Crippen LogP contribution in [0.5, 0.6) is 0 Å². The van der Waals surface area contributed by atoms with Crippen molar-refractivity contribution < 1.29 is 9.18 Å². The second kappa shape index (κ2) is 6.15. The van der Waals surface area contributed by atoms with Crippen molar-refractivity contribution in [2.75, 3.05) is 13.1 Å². The molecular weight excluding hydrogens is 243 g/mol. The van der Waals surface area contributed by atoms with Gasteiger partial charge in [0.1, 0.15) is 5.82 Å². The zero-order valence-electron chi connectivity index (χ0n) is 11.3. The maximum Gasteiger partial charge on any atom is 0.223 e. The van der Waals surface area contributed by atoms with Crippen molar-refractivity contribution in [2.45, 2.75) is 38.1 Å². The molecule has 2 rings (SSSR count). The molecule has 0 aromatic heterocycles. The average Bonchev–Trinajstić information content (AvgIpc) is 2.87. The van der Waals surface area contributed by atoms with Crippen molar-refractivity contribution in [3.05, 3.63) is 35.6 Å². The monoisotopic (exact) mass is 264 g/mol. The molecule has 1 aliphatic heterocycles. The second-order valence-electron chi connectivity index (χ2n) is 5.28. The lowest BCUT2D eigenvalue weighted by Gasteiger charge is -2.25. The lowest BCUT2D eigenvalue weighted by molar-refractivity contribution is -0.132. The first kappa shape index (κ1) is 14.0. The highest BCUT2D eigenvalue weighted by atomic mass is 19.1. The SMILES string of the molecule is CC(CC(=O)N1CCCC1CN)c1cccc(F)c1. The third kappa shape index (κ3) is 3.32. The highest BCUT2D eigenvalue weighted by Gasteiger charge is 2.28. The van der Waals surface area contributed by atoms with E-state index in [0.29, 0.717) is 13.0 Å². The molecule has 0 saturated carbocycles. The van der Waals surface area contributed by atoms with Gasteiger partial charge < -0.3 is 10.6 Å². The van der Waals surface area contributed by atoms with Crippen molar-refractivity contribution in [2.24, 2.45) is 5.73 Å². The van der Waals surface area contributed by atoms with E-state index in [4.69, 9.17) is 5.73 Å². The second-order valence-corrected chi connectivity index (χ2v) is 5.28. The number of rotatable bonds is 4. The minimum Gasteiger partial charge on any atom is -0.338 e. The molecule has 1 aromatic carbocycles. The van der Waals surface area contributed by atoms with E-state index in [1.807, 2.05) is 17.9 Å². The van der Waals surface area contributed by atoms with Gasteiger partial charge in [-0.15, -0.1) is 0 Å². The van der Waals surface area contributed by atoms with Gasteiger partial charge in [0.05, 0.1) is 0 Å². The molecule has 19 heavy (non-hydrogen) atoms. The Morgan fingerprint density at radius 3 is 3.05 bits per heavy atom. The van der Waals surface area contributed by atoms with Gasteiger partial charge >= 0.3 is 0 Å². The number of amides is 1. The van der Waals surface area contributed by atoms with E-state index in [1.54, 1.807) is 6.07 Å². The van der Waals surface area contributed by atoms with Crippen molar-refractivity contribution in [1.29, 1.82) is 0 Å². The summed E-state index contributed by atoms with van der Waals surface area (Å²) in [6, 6.07) is 6.66. The predicted octanol–water partition coefficient (Wildman–Crippen LogP) is 2.27. The summed E-state index contributed by atoms with van der Waals surface area (Å²) < 4.78 is 13.2. The number of likely N-dealkylation sites (tertiary alicyclic amines) is 1. The Hall–Kier alpha value is -1.42. The summed E-state index contributed by atoms with van der Waals surface area (Å²) in [4.78, 5) is 14.1. The van der Waals surface area contributed by atoms with Crippen LogP contribution in [0.1, 0.15) is 37.7 Å². The van der Waals surface area contributed by atoms with E-state index in [2.05, 4.69) is 0 Å². The third-order valence-corrected chi connectivity index (χ3v) is 3.87. The first-order chi connectivity index (χ1) is 9.11. The van der Waals surface area contributed by atoms with Crippen molar-refractivity contribution in [3.8, 4) is 0 Å². The fourth-order valence-corrected chi connectivity index (χ4v) is 2.72. The molecule has 0 bridgehead atoms. The van der Waals surface area contributed by atoms with E-state index < -0.39 is 0 Å². The molecule has 0 spiro atoms. The zero-order chi connectivity index (χ0) is 13.8. The summed E-state index contributed by atoms with van der Waals surface area (Å²) in [5, 5.41) is 0. The van der Waals surface area contributed by atoms with Gasteiger partial charge in [-0.05, 0) is 36.5 Å². The van der Waals surface area contributed by atoms with E-state index in [1.165, 1.54) is 12.1 Å². The van der Waals surface area contributed by atoms with Crippen molar-refractivity contribution >= 4 is 5.91 Å². The van der Waals surface area contributed by atoms with E-state index in [9.17, 15) is 9.18 Å². The summed E-state index contributed by atoms with van der Waals surface area (Å²) in [7, 11) is 0. The van der Waals surface area contributed by atoms with Gasteiger partial charge in [-0.3, -0.25) is 4.79 Å². The first-order valence-corrected chi connectivity index (χ1v) is 6.87. The van der Waals surface area contributed by atoms with Gasteiger partial charge in [0, 0.05) is 25.6 Å². The van der Waals surface area contributed by atoms with Gasteiger partial charge in [0.25, 0.3) is 0 Å². The van der Waals surface area contributed by atoms with Gasteiger partial charge in [-0.1, -0.05) is 19.1 Å². The fraction of sp³-hybridized carbons (Fsp3) is 0.533. The van der Waals surface area contributed by atoms with Crippen LogP contribution < -0.4 is 5.73 Å². The topological polar surface area (TPSA) is 46.3 Å². The fourth-order valence-electron chi connectivity index (χ4n) is 2.72.